The van der Waals surface area contributed by atoms with Crippen molar-refractivity contribution in [3.05, 3.63) is 66.4 Å². The minimum absolute atomic E-state index is 0.743. The molecule has 1 heterocycles. The summed E-state index contributed by atoms with van der Waals surface area (Å²) in [5.41, 5.74) is 4.11. The lowest BCUT2D eigenvalue weighted by Crippen LogP contribution is -1.95. The molecule has 0 N–H and O–H groups in total. The molecule has 0 radical (unpaired) electrons. The van der Waals surface area contributed by atoms with E-state index in [1.807, 2.05) is 65.5 Å². The summed E-state index contributed by atoms with van der Waals surface area (Å²) in [6.45, 7) is 0. The molecule has 3 aromatic rings. The van der Waals surface area contributed by atoms with Crippen LogP contribution in [0.2, 0.25) is 0 Å². The van der Waals surface area contributed by atoms with E-state index in [1.54, 1.807) is 7.11 Å². The van der Waals surface area contributed by atoms with E-state index in [0.29, 0.717) is 0 Å². The molecule has 0 fully saturated rings. The van der Waals surface area contributed by atoms with E-state index in [1.165, 1.54) is 0 Å². The SMILES string of the molecule is COc1ccccc1-c1nn(-c2ccccc2)cc1CBr. The van der Waals surface area contributed by atoms with Gasteiger partial charge in [-0.2, -0.15) is 5.10 Å². The Bertz CT molecular complexity index is 738. The van der Waals surface area contributed by atoms with Gasteiger partial charge in [-0.15, -0.1) is 0 Å². The van der Waals surface area contributed by atoms with Crippen molar-refractivity contribution in [1.82, 2.24) is 9.78 Å². The van der Waals surface area contributed by atoms with Crippen LogP contribution in [0.1, 0.15) is 5.56 Å². The molecule has 0 aliphatic carbocycles. The van der Waals surface area contributed by atoms with Crippen LogP contribution in [0.15, 0.2) is 60.8 Å². The van der Waals surface area contributed by atoms with Crippen LogP contribution in [0.3, 0.4) is 0 Å². The Morgan fingerprint density at radius 2 is 1.76 bits per heavy atom. The number of benzene rings is 2. The van der Waals surface area contributed by atoms with Crippen LogP contribution in [-0.4, -0.2) is 16.9 Å². The molecule has 0 amide bonds. The van der Waals surface area contributed by atoms with Gasteiger partial charge < -0.3 is 4.74 Å². The summed E-state index contributed by atoms with van der Waals surface area (Å²) in [5, 5.41) is 5.48. The topological polar surface area (TPSA) is 27.1 Å². The molecule has 2 aromatic carbocycles. The summed E-state index contributed by atoms with van der Waals surface area (Å²) in [6, 6.07) is 18.0. The predicted octanol–water partition coefficient (Wildman–Crippen LogP) is 4.44. The zero-order chi connectivity index (χ0) is 14.7. The minimum atomic E-state index is 0.743. The molecule has 0 saturated carbocycles. The maximum Gasteiger partial charge on any atom is 0.128 e. The molecule has 106 valence electrons. The van der Waals surface area contributed by atoms with Gasteiger partial charge in [0.2, 0.25) is 0 Å². The molecule has 0 unspecified atom stereocenters. The van der Waals surface area contributed by atoms with Gasteiger partial charge in [-0.3, -0.25) is 0 Å². The van der Waals surface area contributed by atoms with Crippen molar-refractivity contribution in [1.29, 1.82) is 0 Å². The Morgan fingerprint density at radius 1 is 1.05 bits per heavy atom. The molecule has 0 atom stereocenters. The highest BCUT2D eigenvalue weighted by Crippen LogP contribution is 2.32. The lowest BCUT2D eigenvalue weighted by atomic mass is 10.1. The van der Waals surface area contributed by atoms with Crippen molar-refractivity contribution in [2.45, 2.75) is 5.33 Å². The van der Waals surface area contributed by atoms with Gasteiger partial charge in [0.1, 0.15) is 11.4 Å². The summed E-state index contributed by atoms with van der Waals surface area (Å²) in [6.07, 6.45) is 2.05. The van der Waals surface area contributed by atoms with Crippen molar-refractivity contribution in [3.8, 4) is 22.7 Å². The number of ether oxygens (including phenoxy) is 1. The first-order valence-corrected chi connectivity index (χ1v) is 7.79. The highest BCUT2D eigenvalue weighted by atomic mass is 79.9. The maximum atomic E-state index is 5.45. The second-order valence-corrected chi connectivity index (χ2v) is 5.18. The number of nitrogens with zero attached hydrogens (tertiary/aromatic N) is 2. The average Bonchev–Trinajstić information content (AvgIpc) is 2.99. The van der Waals surface area contributed by atoms with Crippen LogP contribution in [0.4, 0.5) is 0 Å². The normalized spacial score (nSPS) is 10.6. The lowest BCUT2D eigenvalue weighted by molar-refractivity contribution is 0.416. The third-order valence-electron chi connectivity index (χ3n) is 3.32. The lowest BCUT2D eigenvalue weighted by Gasteiger charge is -2.06. The fourth-order valence-corrected chi connectivity index (χ4v) is 2.70. The molecule has 3 nitrogen and oxygen atoms in total. The van der Waals surface area contributed by atoms with Crippen LogP contribution in [-0.2, 0) is 5.33 Å². The van der Waals surface area contributed by atoms with Crippen LogP contribution < -0.4 is 4.74 Å². The largest absolute Gasteiger partial charge is 0.496 e. The Labute approximate surface area is 132 Å². The zero-order valence-electron chi connectivity index (χ0n) is 11.7. The molecule has 0 aliphatic heterocycles. The van der Waals surface area contributed by atoms with E-state index in [9.17, 15) is 0 Å². The van der Waals surface area contributed by atoms with Crippen molar-refractivity contribution >= 4 is 15.9 Å². The van der Waals surface area contributed by atoms with Gasteiger partial charge in [-0.05, 0) is 24.3 Å². The smallest absolute Gasteiger partial charge is 0.128 e. The van der Waals surface area contributed by atoms with Gasteiger partial charge in [-0.1, -0.05) is 46.3 Å². The number of aromatic nitrogens is 2. The Morgan fingerprint density at radius 3 is 2.48 bits per heavy atom. The Balaban J connectivity index is 2.13. The summed E-state index contributed by atoms with van der Waals surface area (Å²) in [5.74, 6) is 0.831. The first kappa shape index (κ1) is 13.9. The van der Waals surface area contributed by atoms with Crippen molar-refractivity contribution in [3.63, 3.8) is 0 Å². The number of para-hydroxylation sites is 2. The molecular formula is C17H15BrN2O. The van der Waals surface area contributed by atoms with E-state index >= 15 is 0 Å². The number of rotatable bonds is 4. The zero-order valence-corrected chi connectivity index (χ0v) is 13.2. The molecule has 0 aliphatic rings. The fraction of sp³-hybridized carbons (Fsp3) is 0.118. The number of methoxy groups -OCH3 is 1. The van der Waals surface area contributed by atoms with Gasteiger partial charge in [0, 0.05) is 22.7 Å². The third-order valence-corrected chi connectivity index (χ3v) is 3.92. The van der Waals surface area contributed by atoms with Gasteiger partial charge >= 0.3 is 0 Å². The van der Waals surface area contributed by atoms with E-state index in [4.69, 9.17) is 9.84 Å². The molecule has 1 aromatic heterocycles. The highest BCUT2D eigenvalue weighted by molar-refractivity contribution is 9.08. The van der Waals surface area contributed by atoms with E-state index in [-0.39, 0.29) is 0 Å². The van der Waals surface area contributed by atoms with Gasteiger partial charge in [0.05, 0.1) is 12.8 Å². The predicted molar refractivity (Wildman–Crippen MR) is 88.2 cm³/mol. The molecule has 3 rings (SSSR count). The second-order valence-electron chi connectivity index (χ2n) is 4.62. The highest BCUT2D eigenvalue weighted by Gasteiger charge is 2.14. The fourth-order valence-electron chi connectivity index (χ4n) is 2.29. The summed E-state index contributed by atoms with van der Waals surface area (Å²) >= 11 is 3.54. The monoisotopic (exact) mass is 342 g/mol. The molecule has 0 spiro atoms. The van der Waals surface area contributed by atoms with E-state index in [2.05, 4.69) is 15.9 Å². The summed E-state index contributed by atoms with van der Waals surface area (Å²) in [7, 11) is 1.68. The van der Waals surface area contributed by atoms with Crippen LogP contribution >= 0.6 is 15.9 Å². The molecule has 21 heavy (non-hydrogen) atoms. The number of alkyl halides is 1. The van der Waals surface area contributed by atoms with Gasteiger partial charge in [0.15, 0.2) is 0 Å². The number of hydrogen-bond donors (Lipinski definition) is 0. The average molecular weight is 343 g/mol. The van der Waals surface area contributed by atoms with Gasteiger partial charge in [-0.25, -0.2) is 4.68 Å². The first-order chi connectivity index (χ1) is 10.3. The summed E-state index contributed by atoms with van der Waals surface area (Å²) in [4.78, 5) is 0. The van der Waals surface area contributed by atoms with Crippen LogP contribution in [0.5, 0.6) is 5.75 Å². The summed E-state index contributed by atoms with van der Waals surface area (Å²) < 4.78 is 7.35. The molecule has 0 saturated heterocycles. The quantitative estimate of drug-likeness (QED) is 0.655. The second kappa shape index (κ2) is 6.14. The molecular weight excluding hydrogens is 328 g/mol. The third kappa shape index (κ3) is 2.72. The first-order valence-electron chi connectivity index (χ1n) is 6.67. The Hall–Kier alpha value is -2.07. The maximum absolute atomic E-state index is 5.45. The van der Waals surface area contributed by atoms with Crippen LogP contribution in [0, 0.1) is 0 Å². The van der Waals surface area contributed by atoms with Crippen molar-refractivity contribution in [2.24, 2.45) is 0 Å². The molecule has 4 heteroatoms. The van der Waals surface area contributed by atoms with E-state index < -0.39 is 0 Å². The van der Waals surface area contributed by atoms with Gasteiger partial charge in [0.25, 0.3) is 0 Å². The van der Waals surface area contributed by atoms with Crippen LogP contribution in [0.25, 0.3) is 16.9 Å². The minimum Gasteiger partial charge on any atom is -0.496 e. The number of hydrogen-bond acceptors (Lipinski definition) is 2. The number of halogens is 1. The van der Waals surface area contributed by atoms with Crippen molar-refractivity contribution < 1.29 is 4.74 Å². The van der Waals surface area contributed by atoms with E-state index in [0.717, 1.165) is 33.6 Å². The standard InChI is InChI=1S/C17H15BrN2O/c1-21-16-10-6-5-9-15(16)17-13(11-18)12-20(19-17)14-7-3-2-4-8-14/h2-10,12H,11H2,1H3. The Kier molecular flexibility index (Phi) is 4.06. The van der Waals surface area contributed by atoms with Crippen molar-refractivity contribution in [2.75, 3.05) is 7.11 Å². The molecule has 0 bridgehead atoms.